The first-order valence-corrected chi connectivity index (χ1v) is 7.04. The fourth-order valence-corrected chi connectivity index (χ4v) is 1.66. The van der Waals surface area contributed by atoms with Gasteiger partial charge < -0.3 is 19.7 Å². The second-order valence-electron chi connectivity index (χ2n) is 5.82. The van der Waals surface area contributed by atoms with Crippen LogP contribution in [-0.2, 0) is 19.1 Å². The van der Waals surface area contributed by atoms with E-state index < -0.39 is 17.7 Å². The predicted molar refractivity (Wildman–Crippen MR) is 82.2 cm³/mol. The summed E-state index contributed by atoms with van der Waals surface area (Å²) in [5, 5.41) is 2.40. The number of ether oxygens (including phenoxy) is 2. The fourth-order valence-electron chi connectivity index (χ4n) is 1.66. The van der Waals surface area contributed by atoms with Gasteiger partial charge in [-0.2, -0.15) is 0 Å². The molecule has 0 rings (SSSR count). The van der Waals surface area contributed by atoms with Crippen LogP contribution in [0.2, 0.25) is 0 Å². The Bertz CT molecular complexity index is 415. The molecule has 0 saturated heterocycles. The molecule has 0 radical (unpaired) electrons. The molecule has 0 aliphatic carbocycles. The summed E-state index contributed by atoms with van der Waals surface area (Å²) in [6.45, 7) is 10.6. The van der Waals surface area contributed by atoms with E-state index in [0.29, 0.717) is 0 Å². The van der Waals surface area contributed by atoms with Gasteiger partial charge in [0.1, 0.15) is 12.1 Å². The third-order valence-electron chi connectivity index (χ3n) is 2.65. The van der Waals surface area contributed by atoms with Gasteiger partial charge >= 0.3 is 12.1 Å². The maximum absolute atomic E-state index is 12.2. The van der Waals surface area contributed by atoms with Crippen molar-refractivity contribution >= 4 is 18.0 Å². The Hall–Kier alpha value is -2.05. The van der Waals surface area contributed by atoms with Crippen LogP contribution in [0.1, 0.15) is 34.1 Å². The van der Waals surface area contributed by atoms with Crippen LogP contribution in [0.4, 0.5) is 4.79 Å². The summed E-state index contributed by atoms with van der Waals surface area (Å²) >= 11 is 0. The number of carbonyl (C=O) groups excluding carboxylic acids is 3. The van der Waals surface area contributed by atoms with Crippen LogP contribution < -0.4 is 5.32 Å². The summed E-state index contributed by atoms with van der Waals surface area (Å²) in [6.07, 6.45) is 0.960. The monoisotopic (exact) mass is 314 g/mol. The highest BCUT2D eigenvalue weighted by Crippen LogP contribution is 2.08. The number of nitrogens with one attached hydrogen (secondary N) is 1. The largest absolute Gasteiger partial charge is 0.469 e. The number of methoxy groups -OCH3 is 1. The summed E-state index contributed by atoms with van der Waals surface area (Å²) in [5.41, 5.74) is -0.633. The van der Waals surface area contributed by atoms with Crippen molar-refractivity contribution in [2.75, 3.05) is 20.2 Å². The average Bonchev–Trinajstić information content (AvgIpc) is 2.39. The lowest BCUT2D eigenvalue weighted by Crippen LogP contribution is -2.46. The molecule has 7 heteroatoms. The van der Waals surface area contributed by atoms with E-state index in [2.05, 4.69) is 16.6 Å². The molecule has 1 N–H and O–H groups in total. The van der Waals surface area contributed by atoms with Crippen molar-refractivity contribution in [3.63, 3.8) is 0 Å². The summed E-state index contributed by atoms with van der Waals surface area (Å²) in [4.78, 5) is 36.5. The van der Waals surface area contributed by atoms with Crippen LogP contribution in [0.3, 0.4) is 0 Å². The Labute approximate surface area is 131 Å². The van der Waals surface area contributed by atoms with Gasteiger partial charge in [-0.1, -0.05) is 6.08 Å². The van der Waals surface area contributed by atoms with Crippen LogP contribution in [0.5, 0.6) is 0 Å². The lowest BCUT2D eigenvalue weighted by atomic mass is 10.2. The zero-order chi connectivity index (χ0) is 17.3. The topological polar surface area (TPSA) is 84.9 Å². The van der Waals surface area contributed by atoms with Crippen molar-refractivity contribution in [3.05, 3.63) is 12.7 Å². The molecule has 0 aliphatic rings. The highest BCUT2D eigenvalue weighted by molar-refractivity contribution is 5.83. The first-order chi connectivity index (χ1) is 10.1. The van der Waals surface area contributed by atoms with Gasteiger partial charge in [-0.3, -0.25) is 9.59 Å². The average molecular weight is 314 g/mol. The van der Waals surface area contributed by atoms with Gasteiger partial charge in [0.15, 0.2) is 0 Å². The number of nitrogens with zero attached hydrogens (tertiary/aromatic N) is 1. The Balaban J connectivity index is 4.56. The first-order valence-electron chi connectivity index (χ1n) is 7.04. The van der Waals surface area contributed by atoms with Crippen LogP contribution >= 0.6 is 0 Å². The highest BCUT2D eigenvalue weighted by atomic mass is 16.6. The Morgan fingerprint density at radius 3 is 2.36 bits per heavy atom. The van der Waals surface area contributed by atoms with Gasteiger partial charge in [0.05, 0.1) is 13.5 Å². The number of carbonyl (C=O) groups is 3. The molecule has 126 valence electrons. The number of alkyl carbamates (subject to hydrolysis) is 1. The zero-order valence-electron chi connectivity index (χ0n) is 14.0. The van der Waals surface area contributed by atoms with Gasteiger partial charge in [-0.05, 0) is 27.7 Å². The van der Waals surface area contributed by atoms with E-state index in [1.54, 1.807) is 33.8 Å². The van der Waals surface area contributed by atoms with Crippen molar-refractivity contribution in [1.82, 2.24) is 10.2 Å². The number of rotatable bonds is 7. The number of esters is 1. The summed E-state index contributed by atoms with van der Waals surface area (Å²) in [5.74, 6) is -0.739. The van der Waals surface area contributed by atoms with Gasteiger partial charge in [0, 0.05) is 12.6 Å². The van der Waals surface area contributed by atoms with E-state index >= 15 is 0 Å². The van der Waals surface area contributed by atoms with Crippen molar-refractivity contribution in [1.29, 1.82) is 0 Å². The van der Waals surface area contributed by atoms with Crippen LogP contribution in [-0.4, -0.2) is 54.7 Å². The Morgan fingerprint density at radius 1 is 1.32 bits per heavy atom. The highest BCUT2D eigenvalue weighted by Gasteiger charge is 2.23. The second kappa shape index (κ2) is 9.07. The third kappa shape index (κ3) is 8.28. The molecule has 7 nitrogen and oxygen atoms in total. The molecule has 0 spiro atoms. The molecule has 22 heavy (non-hydrogen) atoms. The van der Waals surface area contributed by atoms with Crippen LogP contribution in [0, 0.1) is 0 Å². The van der Waals surface area contributed by atoms with Crippen LogP contribution in [0.25, 0.3) is 0 Å². The molecule has 1 atom stereocenters. The van der Waals surface area contributed by atoms with Gasteiger partial charge in [-0.15, -0.1) is 6.58 Å². The second-order valence-corrected chi connectivity index (χ2v) is 5.82. The SMILES string of the molecule is C=CCN(C(=O)CNC(=O)OC(C)(C)C)C(C)CC(=O)OC. The minimum atomic E-state index is -0.667. The predicted octanol–water partition coefficient (Wildman–Crippen LogP) is 1.48. The maximum Gasteiger partial charge on any atom is 0.408 e. The molecule has 2 amide bonds. The van der Waals surface area contributed by atoms with E-state index in [4.69, 9.17) is 4.74 Å². The van der Waals surface area contributed by atoms with Crippen molar-refractivity contribution in [2.45, 2.75) is 45.8 Å². The van der Waals surface area contributed by atoms with E-state index in [1.165, 1.54) is 12.0 Å². The zero-order valence-corrected chi connectivity index (χ0v) is 14.0. The lowest BCUT2D eigenvalue weighted by molar-refractivity contribution is -0.143. The normalized spacial score (nSPS) is 12.0. The number of hydrogen-bond acceptors (Lipinski definition) is 5. The smallest absolute Gasteiger partial charge is 0.408 e. The fraction of sp³-hybridized carbons (Fsp3) is 0.667. The van der Waals surface area contributed by atoms with Gasteiger partial charge in [0.2, 0.25) is 5.91 Å². The number of hydrogen-bond donors (Lipinski definition) is 1. The van der Waals surface area contributed by atoms with Crippen LogP contribution in [0.15, 0.2) is 12.7 Å². The minimum Gasteiger partial charge on any atom is -0.469 e. The lowest BCUT2D eigenvalue weighted by Gasteiger charge is -2.28. The molecular weight excluding hydrogens is 288 g/mol. The molecule has 0 bridgehead atoms. The molecule has 1 unspecified atom stereocenters. The Morgan fingerprint density at radius 2 is 1.91 bits per heavy atom. The van der Waals surface area contributed by atoms with Gasteiger partial charge in [-0.25, -0.2) is 4.79 Å². The molecule has 0 aromatic rings. The minimum absolute atomic E-state index is 0.0719. The van der Waals surface area contributed by atoms with Crippen molar-refractivity contribution in [2.24, 2.45) is 0 Å². The summed E-state index contributed by atoms with van der Waals surface area (Å²) in [7, 11) is 1.29. The van der Waals surface area contributed by atoms with E-state index in [1.807, 2.05) is 0 Å². The Kier molecular flexibility index (Phi) is 8.22. The first kappa shape index (κ1) is 19.9. The van der Waals surface area contributed by atoms with E-state index in [9.17, 15) is 14.4 Å². The van der Waals surface area contributed by atoms with E-state index in [-0.39, 0.29) is 31.5 Å². The number of amides is 2. The third-order valence-corrected chi connectivity index (χ3v) is 2.65. The maximum atomic E-state index is 12.2. The quantitative estimate of drug-likeness (QED) is 0.568. The molecule has 0 fully saturated rings. The molecule has 0 aromatic carbocycles. The summed E-state index contributed by atoms with van der Waals surface area (Å²) < 4.78 is 9.64. The van der Waals surface area contributed by atoms with Crippen molar-refractivity contribution in [3.8, 4) is 0 Å². The summed E-state index contributed by atoms with van der Waals surface area (Å²) in [6, 6.07) is -0.363. The standard InChI is InChI=1S/C15H26N2O5/c1-7-8-17(11(2)9-13(19)21-6)12(18)10-16-14(20)22-15(3,4)5/h7,11H,1,8-10H2,2-6H3,(H,16,20). The molecular formula is C15H26N2O5. The van der Waals surface area contributed by atoms with Crippen molar-refractivity contribution < 1.29 is 23.9 Å². The molecule has 0 aromatic heterocycles. The molecule has 0 heterocycles. The van der Waals surface area contributed by atoms with E-state index in [0.717, 1.165) is 0 Å². The van der Waals surface area contributed by atoms with Gasteiger partial charge in [0.25, 0.3) is 0 Å². The molecule has 0 aliphatic heterocycles. The molecule has 0 saturated carbocycles.